The maximum Gasteiger partial charge on any atom is 0.123 e. The van der Waals surface area contributed by atoms with E-state index in [1.54, 1.807) is 7.11 Å². The molecule has 2 fully saturated rings. The van der Waals surface area contributed by atoms with Gasteiger partial charge >= 0.3 is 0 Å². The summed E-state index contributed by atoms with van der Waals surface area (Å²) in [5.41, 5.74) is 4.34. The molecule has 2 saturated heterocycles. The molecule has 1 N–H and O–H groups in total. The van der Waals surface area contributed by atoms with E-state index in [2.05, 4.69) is 17.4 Å². The highest BCUT2D eigenvalue weighted by atomic mass is 16.5. The summed E-state index contributed by atoms with van der Waals surface area (Å²) < 4.78 is 17.3. The van der Waals surface area contributed by atoms with Gasteiger partial charge in [0.15, 0.2) is 0 Å². The van der Waals surface area contributed by atoms with E-state index in [1.807, 2.05) is 0 Å². The van der Waals surface area contributed by atoms with Crippen LogP contribution in [-0.2, 0) is 28.9 Å². The maximum atomic E-state index is 6.15. The summed E-state index contributed by atoms with van der Waals surface area (Å²) in [4.78, 5) is 0. The Hall–Kier alpha value is -1.10. The van der Waals surface area contributed by atoms with E-state index in [-0.39, 0.29) is 5.60 Å². The molecule has 24 heavy (non-hydrogen) atoms. The van der Waals surface area contributed by atoms with Gasteiger partial charge in [-0.3, -0.25) is 0 Å². The van der Waals surface area contributed by atoms with E-state index >= 15 is 0 Å². The number of methoxy groups -OCH3 is 1. The SMILES string of the molecule is COc1cc2c(cc1CNC1CCOC3(CCOCC3)C1)CCC2. The molecule has 4 nitrogen and oxygen atoms in total. The lowest BCUT2D eigenvalue weighted by atomic mass is 9.84. The Morgan fingerprint density at radius 1 is 1.17 bits per heavy atom. The first-order valence-corrected chi connectivity index (χ1v) is 9.42. The number of nitrogens with one attached hydrogen (secondary N) is 1. The van der Waals surface area contributed by atoms with Gasteiger partial charge in [0.25, 0.3) is 0 Å². The lowest BCUT2D eigenvalue weighted by molar-refractivity contribution is -0.140. The van der Waals surface area contributed by atoms with Gasteiger partial charge in [-0.15, -0.1) is 0 Å². The predicted octanol–water partition coefficient (Wildman–Crippen LogP) is 3.00. The van der Waals surface area contributed by atoms with Crippen molar-refractivity contribution in [3.63, 3.8) is 0 Å². The highest BCUT2D eigenvalue weighted by Crippen LogP contribution is 2.35. The van der Waals surface area contributed by atoms with E-state index in [1.165, 1.54) is 36.0 Å². The fourth-order valence-corrected chi connectivity index (χ4v) is 4.53. The molecule has 132 valence electrons. The minimum Gasteiger partial charge on any atom is -0.496 e. The molecule has 4 heteroatoms. The molecular formula is C20H29NO3. The topological polar surface area (TPSA) is 39.7 Å². The van der Waals surface area contributed by atoms with Crippen LogP contribution in [0.15, 0.2) is 12.1 Å². The number of hydrogen-bond donors (Lipinski definition) is 1. The Morgan fingerprint density at radius 2 is 1.96 bits per heavy atom. The zero-order valence-corrected chi connectivity index (χ0v) is 14.7. The molecule has 0 bridgehead atoms. The monoisotopic (exact) mass is 331 g/mol. The number of ether oxygens (including phenoxy) is 3. The van der Waals surface area contributed by atoms with Gasteiger partial charge < -0.3 is 19.5 Å². The van der Waals surface area contributed by atoms with Crippen molar-refractivity contribution < 1.29 is 14.2 Å². The Kier molecular flexibility index (Phi) is 4.79. The summed E-state index contributed by atoms with van der Waals surface area (Å²) in [5, 5.41) is 3.77. The number of aryl methyl sites for hydroxylation is 2. The van der Waals surface area contributed by atoms with Crippen molar-refractivity contribution in [3.05, 3.63) is 28.8 Å². The quantitative estimate of drug-likeness (QED) is 0.921. The molecule has 1 unspecified atom stereocenters. The third-order valence-corrected chi connectivity index (χ3v) is 5.97. The van der Waals surface area contributed by atoms with Gasteiger partial charge in [-0.25, -0.2) is 0 Å². The number of benzene rings is 1. The first-order chi connectivity index (χ1) is 11.8. The van der Waals surface area contributed by atoms with Crippen LogP contribution in [0.25, 0.3) is 0 Å². The van der Waals surface area contributed by atoms with Gasteiger partial charge in [0, 0.05) is 38.0 Å². The Labute approximate surface area is 144 Å². The summed E-state index contributed by atoms with van der Waals surface area (Å²) in [6.45, 7) is 3.42. The zero-order chi connectivity index (χ0) is 16.4. The lowest BCUT2D eigenvalue weighted by Crippen LogP contribution is -2.49. The molecule has 1 atom stereocenters. The van der Waals surface area contributed by atoms with E-state index < -0.39 is 0 Å². The molecule has 0 aromatic heterocycles. The van der Waals surface area contributed by atoms with E-state index in [0.717, 1.165) is 57.8 Å². The third-order valence-electron chi connectivity index (χ3n) is 5.97. The number of rotatable bonds is 4. The largest absolute Gasteiger partial charge is 0.496 e. The molecule has 2 aliphatic heterocycles. The van der Waals surface area contributed by atoms with Gasteiger partial charge in [0.1, 0.15) is 5.75 Å². The fraction of sp³-hybridized carbons (Fsp3) is 0.700. The third kappa shape index (κ3) is 3.32. The molecule has 1 aliphatic carbocycles. The van der Waals surface area contributed by atoms with Crippen LogP contribution >= 0.6 is 0 Å². The minimum atomic E-state index is 0.0518. The van der Waals surface area contributed by atoms with Gasteiger partial charge in [-0.1, -0.05) is 6.07 Å². The van der Waals surface area contributed by atoms with Crippen LogP contribution in [0.3, 0.4) is 0 Å². The predicted molar refractivity (Wildman–Crippen MR) is 93.6 cm³/mol. The van der Waals surface area contributed by atoms with E-state index in [9.17, 15) is 0 Å². The highest BCUT2D eigenvalue weighted by Gasteiger charge is 2.38. The highest BCUT2D eigenvalue weighted by molar-refractivity contribution is 5.44. The summed E-state index contributed by atoms with van der Waals surface area (Å²) >= 11 is 0. The normalized spacial score (nSPS) is 25.6. The average Bonchev–Trinajstić information content (AvgIpc) is 3.07. The number of hydrogen-bond acceptors (Lipinski definition) is 4. The molecule has 4 rings (SSSR count). The van der Waals surface area contributed by atoms with Gasteiger partial charge in [0.05, 0.1) is 12.7 Å². The van der Waals surface area contributed by atoms with E-state index in [0.29, 0.717) is 6.04 Å². The molecule has 3 aliphatic rings. The molecular weight excluding hydrogens is 302 g/mol. The molecule has 1 aromatic carbocycles. The van der Waals surface area contributed by atoms with Crippen LogP contribution in [0.4, 0.5) is 0 Å². The molecule has 0 radical (unpaired) electrons. The second kappa shape index (κ2) is 7.03. The Bertz CT molecular complexity index is 575. The Balaban J connectivity index is 1.41. The van der Waals surface area contributed by atoms with Crippen molar-refractivity contribution in [2.75, 3.05) is 26.9 Å². The van der Waals surface area contributed by atoms with Crippen molar-refractivity contribution in [2.24, 2.45) is 0 Å². The fourth-order valence-electron chi connectivity index (χ4n) is 4.53. The van der Waals surface area contributed by atoms with Crippen LogP contribution in [0, 0.1) is 0 Å². The van der Waals surface area contributed by atoms with Gasteiger partial charge in [-0.05, 0) is 62.1 Å². The molecule has 2 heterocycles. The molecule has 1 aromatic rings. The smallest absolute Gasteiger partial charge is 0.123 e. The maximum absolute atomic E-state index is 6.15. The number of fused-ring (bicyclic) bond motifs is 1. The molecule has 0 saturated carbocycles. The summed E-state index contributed by atoms with van der Waals surface area (Å²) in [6, 6.07) is 5.14. The van der Waals surface area contributed by atoms with Gasteiger partial charge in [0.2, 0.25) is 0 Å². The van der Waals surface area contributed by atoms with Crippen LogP contribution in [0.5, 0.6) is 5.75 Å². The van der Waals surface area contributed by atoms with Crippen molar-refractivity contribution in [2.45, 2.75) is 63.1 Å². The minimum absolute atomic E-state index is 0.0518. The van der Waals surface area contributed by atoms with Crippen molar-refractivity contribution in [1.29, 1.82) is 0 Å². The average molecular weight is 331 g/mol. The standard InChI is InChI=1S/C20H29NO3/c1-22-19-12-16-4-2-3-15(16)11-17(19)14-21-18-5-8-24-20(13-18)6-9-23-10-7-20/h11-12,18,21H,2-10,13-14H2,1H3. The zero-order valence-electron chi connectivity index (χ0n) is 14.7. The molecule has 1 spiro atoms. The molecule has 0 amide bonds. The lowest BCUT2D eigenvalue weighted by Gasteiger charge is -2.43. The Morgan fingerprint density at radius 3 is 2.75 bits per heavy atom. The summed E-state index contributed by atoms with van der Waals surface area (Å²) in [7, 11) is 1.78. The van der Waals surface area contributed by atoms with Crippen molar-refractivity contribution in [3.8, 4) is 5.75 Å². The second-order valence-corrected chi connectivity index (χ2v) is 7.50. The van der Waals surface area contributed by atoms with Crippen LogP contribution in [0.2, 0.25) is 0 Å². The van der Waals surface area contributed by atoms with Crippen LogP contribution < -0.4 is 10.1 Å². The summed E-state index contributed by atoms with van der Waals surface area (Å²) in [5.74, 6) is 1.04. The van der Waals surface area contributed by atoms with Gasteiger partial charge in [-0.2, -0.15) is 0 Å². The van der Waals surface area contributed by atoms with E-state index in [4.69, 9.17) is 14.2 Å². The van der Waals surface area contributed by atoms with Crippen molar-refractivity contribution >= 4 is 0 Å². The van der Waals surface area contributed by atoms with Crippen molar-refractivity contribution in [1.82, 2.24) is 5.32 Å². The second-order valence-electron chi connectivity index (χ2n) is 7.50. The van der Waals surface area contributed by atoms with Crippen LogP contribution in [-0.4, -0.2) is 38.6 Å². The first-order valence-electron chi connectivity index (χ1n) is 9.42. The van der Waals surface area contributed by atoms with Crippen LogP contribution in [0.1, 0.15) is 48.8 Å². The summed E-state index contributed by atoms with van der Waals surface area (Å²) in [6.07, 6.45) is 7.96. The first kappa shape index (κ1) is 16.4.